The van der Waals surface area contributed by atoms with Crippen LogP contribution in [0, 0.1) is 13.8 Å². The Morgan fingerprint density at radius 3 is 2.47 bits per heavy atom. The number of aromatic nitrogens is 1. The fourth-order valence-corrected chi connectivity index (χ4v) is 4.03. The van der Waals surface area contributed by atoms with E-state index in [1.54, 1.807) is 0 Å². The van der Waals surface area contributed by atoms with Crippen LogP contribution in [0.1, 0.15) is 24.0 Å². The number of benzene rings is 1. The normalized spacial score (nSPS) is 15.8. The van der Waals surface area contributed by atoms with E-state index in [-0.39, 0.29) is 11.8 Å². The van der Waals surface area contributed by atoms with Crippen LogP contribution in [0.2, 0.25) is 0 Å². The summed E-state index contributed by atoms with van der Waals surface area (Å²) in [5, 5.41) is 0. The molecular weight excluding hydrogens is 280 g/mol. The number of carbonyl (C=O) groups is 2. The van der Waals surface area contributed by atoms with E-state index in [0.717, 1.165) is 26.5 Å². The van der Waals surface area contributed by atoms with Crippen LogP contribution in [0.3, 0.4) is 0 Å². The zero-order valence-corrected chi connectivity index (χ0v) is 12.2. The van der Waals surface area contributed by atoms with E-state index in [2.05, 4.69) is 24.9 Å². The van der Waals surface area contributed by atoms with Gasteiger partial charge in [0.1, 0.15) is 0 Å². The number of carbonyl (C=O) groups excluding carboxylic acids is 2. The molecule has 1 saturated heterocycles. The first-order valence-electron chi connectivity index (χ1n) is 5.96. The van der Waals surface area contributed by atoms with Crippen molar-refractivity contribution in [3.63, 3.8) is 0 Å². The SMILES string of the molecule is Cc1cc2nc(SN3C(=O)CCC3=O)sc2cc1C. The molecule has 0 aliphatic carbocycles. The zero-order valence-electron chi connectivity index (χ0n) is 10.6. The zero-order chi connectivity index (χ0) is 13.6. The molecule has 3 rings (SSSR count). The second-order valence-electron chi connectivity index (χ2n) is 4.56. The maximum Gasteiger partial charge on any atom is 0.240 e. The van der Waals surface area contributed by atoms with Gasteiger partial charge >= 0.3 is 0 Å². The highest BCUT2D eigenvalue weighted by atomic mass is 32.2. The minimum Gasteiger partial charge on any atom is -0.273 e. The molecule has 1 fully saturated rings. The van der Waals surface area contributed by atoms with Gasteiger partial charge < -0.3 is 0 Å². The third-order valence-electron chi connectivity index (χ3n) is 3.16. The van der Waals surface area contributed by atoms with Crippen molar-refractivity contribution in [1.29, 1.82) is 0 Å². The Labute approximate surface area is 118 Å². The minimum atomic E-state index is -0.124. The average Bonchev–Trinajstić information content (AvgIpc) is 2.88. The molecule has 0 N–H and O–H groups in total. The van der Waals surface area contributed by atoms with Crippen LogP contribution in [0.15, 0.2) is 16.5 Å². The number of hydrogen-bond donors (Lipinski definition) is 0. The third kappa shape index (κ3) is 2.26. The summed E-state index contributed by atoms with van der Waals surface area (Å²) in [4.78, 5) is 27.6. The first-order chi connectivity index (χ1) is 9.04. The lowest BCUT2D eigenvalue weighted by molar-refractivity contribution is -0.131. The number of thiazole rings is 1. The number of amides is 2. The molecule has 0 radical (unpaired) electrons. The smallest absolute Gasteiger partial charge is 0.240 e. The topological polar surface area (TPSA) is 50.3 Å². The van der Waals surface area contributed by atoms with Gasteiger partial charge in [0.15, 0.2) is 4.34 Å². The summed E-state index contributed by atoms with van der Waals surface area (Å²) in [6.07, 6.45) is 0.629. The van der Waals surface area contributed by atoms with Gasteiger partial charge in [0.25, 0.3) is 0 Å². The highest BCUT2D eigenvalue weighted by molar-refractivity contribution is 7.99. The molecule has 0 atom stereocenters. The van der Waals surface area contributed by atoms with Crippen molar-refractivity contribution in [1.82, 2.24) is 9.29 Å². The van der Waals surface area contributed by atoms with Crippen molar-refractivity contribution in [3.05, 3.63) is 23.3 Å². The van der Waals surface area contributed by atoms with Gasteiger partial charge in [-0.2, -0.15) is 0 Å². The van der Waals surface area contributed by atoms with Gasteiger partial charge in [-0.3, -0.25) is 9.59 Å². The molecule has 0 unspecified atom stereocenters. The first kappa shape index (κ1) is 12.6. The Kier molecular flexibility index (Phi) is 3.06. The molecule has 1 aromatic heterocycles. The van der Waals surface area contributed by atoms with Gasteiger partial charge in [-0.15, -0.1) is 11.3 Å². The van der Waals surface area contributed by atoms with Crippen LogP contribution in [0.4, 0.5) is 0 Å². The molecule has 6 heteroatoms. The van der Waals surface area contributed by atoms with Crippen molar-refractivity contribution < 1.29 is 9.59 Å². The van der Waals surface area contributed by atoms with E-state index in [4.69, 9.17) is 0 Å². The average molecular weight is 292 g/mol. The second kappa shape index (κ2) is 4.61. The summed E-state index contributed by atoms with van der Waals surface area (Å²) in [6.45, 7) is 4.11. The van der Waals surface area contributed by atoms with Gasteiger partial charge in [0.2, 0.25) is 11.8 Å². The Morgan fingerprint density at radius 1 is 1.16 bits per heavy atom. The van der Waals surface area contributed by atoms with E-state index in [9.17, 15) is 9.59 Å². The van der Waals surface area contributed by atoms with Crippen molar-refractivity contribution >= 4 is 45.3 Å². The summed E-state index contributed by atoms with van der Waals surface area (Å²) < 4.78 is 3.06. The third-order valence-corrected chi connectivity index (χ3v) is 5.28. The highest BCUT2D eigenvalue weighted by Gasteiger charge is 2.31. The molecule has 2 aromatic rings. The quantitative estimate of drug-likeness (QED) is 0.630. The van der Waals surface area contributed by atoms with Crippen LogP contribution in [0.5, 0.6) is 0 Å². The van der Waals surface area contributed by atoms with Crippen molar-refractivity contribution in [2.24, 2.45) is 0 Å². The summed E-state index contributed by atoms with van der Waals surface area (Å²) in [5.74, 6) is -0.247. The summed E-state index contributed by atoms with van der Waals surface area (Å²) in [7, 11) is 0. The van der Waals surface area contributed by atoms with Crippen LogP contribution < -0.4 is 0 Å². The first-order valence-corrected chi connectivity index (χ1v) is 7.55. The Balaban J connectivity index is 1.93. The van der Waals surface area contributed by atoms with Crippen LogP contribution >= 0.6 is 23.3 Å². The highest BCUT2D eigenvalue weighted by Crippen LogP contribution is 2.35. The van der Waals surface area contributed by atoms with Gasteiger partial charge in [-0.25, -0.2) is 9.29 Å². The van der Waals surface area contributed by atoms with E-state index < -0.39 is 0 Å². The van der Waals surface area contributed by atoms with E-state index in [1.807, 2.05) is 6.07 Å². The lowest BCUT2D eigenvalue weighted by Crippen LogP contribution is -2.20. The number of imide groups is 1. The molecule has 0 spiro atoms. The number of aryl methyl sites for hydroxylation is 2. The van der Waals surface area contributed by atoms with E-state index in [0.29, 0.717) is 12.8 Å². The number of fused-ring (bicyclic) bond motifs is 1. The summed E-state index contributed by atoms with van der Waals surface area (Å²) >= 11 is 2.66. The molecule has 1 aliphatic heterocycles. The van der Waals surface area contributed by atoms with Crippen molar-refractivity contribution in [2.45, 2.75) is 31.0 Å². The molecule has 2 heterocycles. The minimum absolute atomic E-state index is 0.124. The lowest BCUT2D eigenvalue weighted by Gasteiger charge is -2.08. The summed E-state index contributed by atoms with van der Waals surface area (Å²) in [5.41, 5.74) is 3.35. The lowest BCUT2D eigenvalue weighted by atomic mass is 10.1. The standard InChI is InChI=1S/C13H12N2O2S2/c1-7-5-9-10(6-8(7)2)18-13(14-9)19-15-11(16)3-4-12(15)17/h5-6H,3-4H2,1-2H3. The molecule has 0 saturated carbocycles. The van der Waals surface area contributed by atoms with Crippen LogP contribution in [0.25, 0.3) is 10.2 Å². The maximum atomic E-state index is 11.6. The largest absolute Gasteiger partial charge is 0.273 e. The Bertz CT molecular complexity index is 638. The molecule has 4 nitrogen and oxygen atoms in total. The summed E-state index contributed by atoms with van der Waals surface area (Å²) in [6, 6.07) is 4.14. The molecular formula is C13H12N2O2S2. The molecule has 2 amide bonds. The van der Waals surface area contributed by atoms with Gasteiger partial charge in [-0.1, -0.05) is 0 Å². The Morgan fingerprint density at radius 2 is 1.79 bits per heavy atom. The Hall–Kier alpha value is -1.40. The monoisotopic (exact) mass is 292 g/mol. The van der Waals surface area contributed by atoms with Gasteiger partial charge in [0.05, 0.1) is 10.2 Å². The van der Waals surface area contributed by atoms with Gasteiger partial charge in [0, 0.05) is 24.8 Å². The van der Waals surface area contributed by atoms with Crippen LogP contribution in [-0.2, 0) is 9.59 Å². The van der Waals surface area contributed by atoms with Crippen molar-refractivity contribution in [3.8, 4) is 0 Å². The molecule has 0 bridgehead atoms. The van der Waals surface area contributed by atoms with Crippen LogP contribution in [-0.4, -0.2) is 21.1 Å². The van der Waals surface area contributed by atoms with E-state index in [1.165, 1.54) is 26.8 Å². The number of rotatable bonds is 2. The predicted molar refractivity (Wildman–Crippen MR) is 76.0 cm³/mol. The second-order valence-corrected chi connectivity index (χ2v) is 6.78. The fourth-order valence-electron chi connectivity index (χ4n) is 1.93. The predicted octanol–water partition coefficient (Wildman–Crippen LogP) is 3.07. The number of nitrogens with zero attached hydrogens (tertiary/aromatic N) is 2. The fraction of sp³-hybridized carbons (Fsp3) is 0.308. The van der Waals surface area contributed by atoms with Gasteiger partial charge in [-0.05, 0) is 37.1 Å². The van der Waals surface area contributed by atoms with Crippen molar-refractivity contribution in [2.75, 3.05) is 0 Å². The molecule has 19 heavy (non-hydrogen) atoms. The number of hydrogen-bond acceptors (Lipinski definition) is 5. The maximum absolute atomic E-state index is 11.6. The van der Waals surface area contributed by atoms with E-state index >= 15 is 0 Å². The molecule has 1 aliphatic rings. The molecule has 98 valence electrons. The molecule has 1 aromatic carbocycles.